The molecular weight excluding hydrogens is 232 g/mol. The van der Waals surface area contributed by atoms with Gasteiger partial charge in [-0.2, -0.15) is 0 Å². The van der Waals surface area contributed by atoms with Crippen molar-refractivity contribution >= 4 is 5.91 Å². The minimum Gasteiger partial charge on any atom is -0.436 e. The first-order valence-corrected chi connectivity index (χ1v) is 6.11. The van der Waals surface area contributed by atoms with Gasteiger partial charge in [0.15, 0.2) is 5.89 Å². The topological polar surface area (TPSA) is 75.4 Å². The average molecular weight is 254 g/mol. The van der Waals surface area contributed by atoms with Crippen LogP contribution >= 0.6 is 0 Å². The normalized spacial score (nSPS) is 13.4. The second-order valence-corrected chi connectivity index (χ2v) is 5.55. The van der Waals surface area contributed by atoms with Crippen LogP contribution in [0.15, 0.2) is 4.42 Å². The van der Waals surface area contributed by atoms with Crippen molar-refractivity contribution in [3.05, 3.63) is 17.3 Å². The van der Waals surface area contributed by atoms with Crippen LogP contribution < -0.4 is 5.32 Å². The van der Waals surface area contributed by atoms with Gasteiger partial charge in [0.25, 0.3) is 5.91 Å². The van der Waals surface area contributed by atoms with Crippen molar-refractivity contribution in [2.45, 2.75) is 47.1 Å². The number of nitrogens with zero attached hydrogens (tertiary/aromatic N) is 1. The first-order valence-electron chi connectivity index (χ1n) is 6.11. The summed E-state index contributed by atoms with van der Waals surface area (Å²) in [6.07, 6.45) is 0.515. The minimum atomic E-state index is -0.276. The standard InChI is InChI=1S/C13H22N2O3/c1-8-11(18-9(2)14-8)12(17)15-10(6-7-16)13(3,4)5/h10,16H,6-7H2,1-5H3,(H,15,17). The third-order valence-electron chi connectivity index (χ3n) is 2.88. The molecule has 1 aromatic rings. The molecular formula is C13H22N2O3. The third kappa shape index (κ3) is 3.57. The lowest BCUT2D eigenvalue weighted by Crippen LogP contribution is -2.44. The maximum absolute atomic E-state index is 12.1. The van der Waals surface area contributed by atoms with Gasteiger partial charge in [-0.1, -0.05) is 20.8 Å². The largest absolute Gasteiger partial charge is 0.436 e. The average Bonchev–Trinajstić information content (AvgIpc) is 2.55. The van der Waals surface area contributed by atoms with Gasteiger partial charge in [0.2, 0.25) is 5.76 Å². The fourth-order valence-electron chi connectivity index (χ4n) is 1.82. The Morgan fingerprint density at radius 1 is 1.44 bits per heavy atom. The van der Waals surface area contributed by atoms with Crippen LogP contribution in [0.3, 0.4) is 0 Å². The fraction of sp³-hybridized carbons (Fsp3) is 0.692. The van der Waals surface area contributed by atoms with Crippen LogP contribution in [0.5, 0.6) is 0 Å². The van der Waals surface area contributed by atoms with Gasteiger partial charge in [-0.25, -0.2) is 4.98 Å². The van der Waals surface area contributed by atoms with Crippen molar-refractivity contribution in [3.8, 4) is 0 Å². The quantitative estimate of drug-likeness (QED) is 0.859. The number of rotatable bonds is 4. The summed E-state index contributed by atoms with van der Waals surface area (Å²) in [7, 11) is 0. The highest BCUT2D eigenvalue weighted by Crippen LogP contribution is 2.22. The summed E-state index contributed by atoms with van der Waals surface area (Å²) in [4.78, 5) is 16.2. The second kappa shape index (κ2) is 5.52. The van der Waals surface area contributed by atoms with Gasteiger partial charge in [-0.05, 0) is 18.8 Å². The number of aliphatic hydroxyl groups excluding tert-OH is 1. The number of aliphatic hydroxyl groups is 1. The van der Waals surface area contributed by atoms with E-state index in [0.717, 1.165) is 0 Å². The summed E-state index contributed by atoms with van der Waals surface area (Å²) in [6, 6.07) is -0.111. The van der Waals surface area contributed by atoms with E-state index < -0.39 is 0 Å². The van der Waals surface area contributed by atoms with Crippen LogP contribution in [0, 0.1) is 19.3 Å². The van der Waals surface area contributed by atoms with E-state index in [0.29, 0.717) is 18.0 Å². The van der Waals surface area contributed by atoms with Crippen LogP contribution in [0.1, 0.15) is 49.3 Å². The molecule has 0 saturated carbocycles. The number of nitrogens with one attached hydrogen (secondary N) is 1. The van der Waals surface area contributed by atoms with Gasteiger partial charge < -0.3 is 14.8 Å². The van der Waals surface area contributed by atoms with Gasteiger partial charge in [0.05, 0.1) is 5.69 Å². The van der Waals surface area contributed by atoms with Crippen molar-refractivity contribution in [1.29, 1.82) is 0 Å². The molecule has 1 unspecified atom stereocenters. The number of carbonyl (C=O) groups excluding carboxylic acids is 1. The van der Waals surface area contributed by atoms with Crippen LogP contribution in [0.4, 0.5) is 0 Å². The number of carbonyl (C=O) groups is 1. The molecule has 5 heteroatoms. The Hall–Kier alpha value is -1.36. The van der Waals surface area contributed by atoms with Crippen LogP contribution in [-0.4, -0.2) is 28.6 Å². The summed E-state index contributed by atoms with van der Waals surface area (Å²) >= 11 is 0. The Bertz CT molecular complexity index is 418. The SMILES string of the molecule is Cc1nc(C)c(C(=O)NC(CCO)C(C)(C)C)o1. The molecule has 5 nitrogen and oxygen atoms in total. The van der Waals surface area contributed by atoms with Gasteiger partial charge in [-0.15, -0.1) is 0 Å². The molecule has 18 heavy (non-hydrogen) atoms. The van der Waals surface area contributed by atoms with Crippen molar-refractivity contribution in [2.75, 3.05) is 6.61 Å². The number of hydrogen-bond acceptors (Lipinski definition) is 4. The van der Waals surface area contributed by atoms with Crippen LogP contribution in [-0.2, 0) is 0 Å². The molecule has 1 rings (SSSR count). The van der Waals surface area contributed by atoms with Gasteiger partial charge in [0.1, 0.15) is 0 Å². The van der Waals surface area contributed by atoms with Crippen LogP contribution in [0.2, 0.25) is 0 Å². The second-order valence-electron chi connectivity index (χ2n) is 5.55. The first kappa shape index (κ1) is 14.7. The summed E-state index contributed by atoms with van der Waals surface area (Å²) in [5, 5.41) is 12.0. The van der Waals surface area contributed by atoms with Crippen molar-refractivity contribution < 1.29 is 14.3 Å². The number of amides is 1. The lowest BCUT2D eigenvalue weighted by molar-refractivity contribution is 0.0855. The number of aryl methyl sites for hydroxylation is 2. The van der Waals surface area contributed by atoms with E-state index in [2.05, 4.69) is 10.3 Å². The molecule has 2 N–H and O–H groups in total. The van der Waals surface area contributed by atoms with E-state index in [1.165, 1.54) is 0 Å². The van der Waals surface area contributed by atoms with E-state index in [1.807, 2.05) is 20.8 Å². The molecule has 0 spiro atoms. The zero-order valence-corrected chi connectivity index (χ0v) is 11.7. The first-order chi connectivity index (χ1) is 8.25. The van der Waals surface area contributed by atoms with E-state index in [1.54, 1.807) is 13.8 Å². The number of hydrogen-bond donors (Lipinski definition) is 2. The minimum absolute atomic E-state index is 0.0383. The number of oxazole rings is 1. The maximum atomic E-state index is 12.1. The fourth-order valence-corrected chi connectivity index (χ4v) is 1.82. The Morgan fingerprint density at radius 2 is 2.06 bits per heavy atom. The highest BCUT2D eigenvalue weighted by molar-refractivity contribution is 5.92. The van der Waals surface area contributed by atoms with Crippen LogP contribution in [0.25, 0.3) is 0 Å². The molecule has 1 amide bonds. The molecule has 0 aromatic carbocycles. The highest BCUT2D eigenvalue weighted by Gasteiger charge is 2.27. The van der Waals surface area contributed by atoms with E-state index in [-0.39, 0.29) is 29.7 Å². The molecule has 1 heterocycles. The molecule has 0 aliphatic rings. The lowest BCUT2D eigenvalue weighted by Gasteiger charge is -2.30. The van der Waals surface area contributed by atoms with E-state index in [9.17, 15) is 4.79 Å². The smallest absolute Gasteiger partial charge is 0.289 e. The molecule has 0 bridgehead atoms. The zero-order chi connectivity index (χ0) is 13.9. The molecule has 0 radical (unpaired) electrons. The Kier molecular flexibility index (Phi) is 4.51. The Balaban J connectivity index is 2.82. The predicted octanol–water partition coefficient (Wildman–Crippen LogP) is 1.82. The summed E-state index contributed by atoms with van der Waals surface area (Å²) in [5.41, 5.74) is 0.461. The predicted molar refractivity (Wildman–Crippen MR) is 68.4 cm³/mol. The monoisotopic (exact) mass is 254 g/mol. The zero-order valence-electron chi connectivity index (χ0n) is 11.7. The van der Waals surface area contributed by atoms with Gasteiger partial charge in [0, 0.05) is 19.6 Å². The number of aromatic nitrogens is 1. The van der Waals surface area contributed by atoms with Crippen molar-refractivity contribution in [2.24, 2.45) is 5.41 Å². The van der Waals surface area contributed by atoms with Crippen molar-refractivity contribution in [3.63, 3.8) is 0 Å². The molecule has 102 valence electrons. The Morgan fingerprint density at radius 3 is 2.44 bits per heavy atom. The van der Waals surface area contributed by atoms with Crippen molar-refractivity contribution in [1.82, 2.24) is 10.3 Å². The Labute approximate surface area is 108 Å². The lowest BCUT2D eigenvalue weighted by atomic mass is 9.85. The molecule has 1 aromatic heterocycles. The van der Waals surface area contributed by atoms with E-state index in [4.69, 9.17) is 9.52 Å². The highest BCUT2D eigenvalue weighted by atomic mass is 16.4. The maximum Gasteiger partial charge on any atom is 0.289 e. The molecule has 0 aliphatic carbocycles. The molecule has 0 fully saturated rings. The molecule has 0 aliphatic heterocycles. The molecule has 0 saturated heterocycles. The molecule has 1 atom stereocenters. The summed E-state index contributed by atoms with van der Waals surface area (Å²) in [5.74, 6) is 0.452. The summed E-state index contributed by atoms with van der Waals surface area (Å²) < 4.78 is 5.28. The summed E-state index contributed by atoms with van der Waals surface area (Å²) in [6.45, 7) is 9.54. The van der Waals surface area contributed by atoms with E-state index >= 15 is 0 Å². The van der Waals surface area contributed by atoms with Gasteiger partial charge >= 0.3 is 0 Å². The van der Waals surface area contributed by atoms with Gasteiger partial charge in [-0.3, -0.25) is 4.79 Å². The third-order valence-corrected chi connectivity index (χ3v) is 2.88.